The molecule has 0 unspecified atom stereocenters. The predicted octanol–water partition coefficient (Wildman–Crippen LogP) is 4.43. The molecule has 3 rings (SSSR count). The third-order valence-electron chi connectivity index (χ3n) is 3.34. The Hall–Kier alpha value is -2.42. The number of para-hydroxylation sites is 1. The molecule has 0 saturated carbocycles. The predicted molar refractivity (Wildman–Crippen MR) is 88.5 cm³/mol. The van der Waals surface area contributed by atoms with Gasteiger partial charge in [0, 0.05) is 17.0 Å². The molecule has 0 fully saturated rings. The van der Waals surface area contributed by atoms with Crippen LogP contribution in [-0.2, 0) is 0 Å². The van der Waals surface area contributed by atoms with Crippen LogP contribution in [0.4, 0.5) is 5.82 Å². The van der Waals surface area contributed by atoms with Gasteiger partial charge in [-0.2, -0.15) is 0 Å². The maximum absolute atomic E-state index is 4.72. The lowest BCUT2D eigenvalue weighted by Gasteiger charge is -2.13. The first-order valence-electron chi connectivity index (χ1n) is 7.24. The highest BCUT2D eigenvalue weighted by Crippen LogP contribution is 2.25. The molecule has 3 aromatic rings. The van der Waals surface area contributed by atoms with Crippen molar-refractivity contribution in [3.63, 3.8) is 0 Å². The van der Waals surface area contributed by atoms with Crippen LogP contribution in [0.3, 0.4) is 0 Å². The molecule has 1 N–H and O–H groups in total. The van der Waals surface area contributed by atoms with E-state index in [9.17, 15) is 0 Å². The quantitative estimate of drug-likeness (QED) is 0.769. The number of hydrogen-bond acceptors (Lipinski definition) is 3. The summed E-state index contributed by atoms with van der Waals surface area (Å²) in [6.07, 6.45) is 0. The Balaban J connectivity index is 2.17. The Morgan fingerprint density at radius 2 is 1.62 bits per heavy atom. The molecular weight excluding hydrogens is 258 g/mol. The van der Waals surface area contributed by atoms with E-state index in [1.54, 1.807) is 0 Å². The molecule has 0 amide bonds. The summed E-state index contributed by atoms with van der Waals surface area (Å²) in [6, 6.07) is 16.7. The minimum Gasteiger partial charge on any atom is -0.367 e. The Kier molecular flexibility index (Phi) is 3.57. The van der Waals surface area contributed by atoms with Gasteiger partial charge in [0.1, 0.15) is 5.82 Å². The number of fused-ring (bicyclic) bond motifs is 1. The minimum absolute atomic E-state index is 0.328. The van der Waals surface area contributed by atoms with E-state index >= 15 is 0 Å². The van der Waals surface area contributed by atoms with Gasteiger partial charge < -0.3 is 5.32 Å². The fourth-order valence-electron chi connectivity index (χ4n) is 2.29. The lowest BCUT2D eigenvalue weighted by atomic mass is 10.1. The van der Waals surface area contributed by atoms with Crippen LogP contribution >= 0.6 is 0 Å². The Bertz CT molecular complexity index is 761. The Labute approximate surface area is 125 Å². The third-order valence-corrected chi connectivity index (χ3v) is 3.34. The van der Waals surface area contributed by atoms with Crippen molar-refractivity contribution < 1.29 is 0 Å². The summed E-state index contributed by atoms with van der Waals surface area (Å²) in [5.41, 5.74) is 3.24. The summed E-state index contributed by atoms with van der Waals surface area (Å²) in [7, 11) is 0. The Morgan fingerprint density at radius 3 is 2.33 bits per heavy atom. The van der Waals surface area contributed by atoms with Crippen molar-refractivity contribution in [2.24, 2.45) is 0 Å². The first-order chi connectivity index (χ1) is 10.1. The molecule has 2 aromatic carbocycles. The SMILES string of the molecule is Cc1ccc(-c2nc(NC(C)C)c3ccccc3n2)cc1. The second-order valence-electron chi connectivity index (χ2n) is 5.58. The largest absolute Gasteiger partial charge is 0.367 e. The number of benzene rings is 2. The van der Waals surface area contributed by atoms with E-state index in [2.05, 4.69) is 56.4 Å². The summed E-state index contributed by atoms with van der Waals surface area (Å²) >= 11 is 0. The lowest BCUT2D eigenvalue weighted by Crippen LogP contribution is -2.12. The van der Waals surface area contributed by atoms with Gasteiger partial charge in [-0.05, 0) is 32.9 Å². The van der Waals surface area contributed by atoms with Crippen LogP contribution in [0.5, 0.6) is 0 Å². The molecule has 0 saturated heterocycles. The van der Waals surface area contributed by atoms with Gasteiger partial charge >= 0.3 is 0 Å². The average molecular weight is 277 g/mol. The second-order valence-corrected chi connectivity index (χ2v) is 5.58. The summed E-state index contributed by atoms with van der Waals surface area (Å²) < 4.78 is 0. The fourth-order valence-corrected chi connectivity index (χ4v) is 2.29. The first kappa shape index (κ1) is 13.6. The van der Waals surface area contributed by atoms with Gasteiger partial charge in [0.15, 0.2) is 5.82 Å². The van der Waals surface area contributed by atoms with Crippen LogP contribution < -0.4 is 5.32 Å². The van der Waals surface area contributed by atoms with Crippen LogP contribution in [0.25, 0.3) is 22.3 Å². The smallest absolute Gasteiger partial charge is 0.162 e. The van der Waals surface area contributed by atoms with Crippen molar-refractivity contribution in [3.05, 3.63) is 54.1 Å². The van der Waals surface area contributed by atoms with Crippen LogP contribution in [0.2, 0.25) is 0 Å². The molecule has 0 aliphatic rings. The second kappa shape index (κ2) is 5.52. The average Bonchev–Trinajstić information content (AvgIpc) is 2.47. The van der Waals surface area contributed by atoms with E-state index in [0.717, 1.165) is 28.1 Å². The highest BCUT2D eigenvalue weighted by atomic mass is 15.0. The van der Waals surface area contributed by atoms with E-state index < -0.39 is 0 Å². The van der Waals surface area contributed by atoms with Gasteiger partial charge in [-0.3, -0.25) is 0 Å². The number of aromatic nitrogens is 2. The maximum atomic E-state index is 4.72. The summed E-state index contributed by atoms with van der Waals surface area (Å²) in [6.45, 7) is 6.31. The van der Waals surface area contributed by atoms with Gasteiger partial charge in [-0.1, -0.05) is 42.0 Å². The highest BCUT2D eigenvalue weighted by molar-refractivity contribution is 5.90. The summed E-state index contributed by atoms with van der Waals surface area (Å²) in [5, 5.41) is 4.48. The third kappa shape index (κ3) is 2.87. The molecule has 3 nitrogen and oxygen atoms in total. The molecule has 1 heterocycles. The molecule has 21 heavy (non-hydrogen) atoms. The van der Waals surface area contributed by atoms with Crippen LogP contribution in [0.1, 0.15) is 19.4 Å². The summed E-state index contributed by atoms with van der Waals surface area (Å²) in [4.78, 5) is 9.41. The summed E-state index contributed by atoms with van der Waals surface area (Å²) in [5.74, 6) is 1.66. The Morgan fingerprint density at radius 1 is 0.905 bits per heavy atom. The zero-order valence-corrected chi connectivity index (χ0v) is 12.6. The molecule has 0 atom stereocenters. The molecule has 3 heteroatoms. The number of nitrogens with zero attached hydrogens (tertiary/aromatic N) is 2. The first-order valence-corrected chi connectivity index (χ1v) is 7.24. The normalized spacial score (nSPS) is 11.0. The number of anilines is 1. The standard InChI is InChI=1S/C18H19N3/c1-12(2)19-18-15-6-4-5-7-16(15)20-17(21-18)14-10-8-13(3)9-11-14/h4-12H,1-3H3,(H,19,20,21). The van der Waals surface area contributed by atoms with Crippen molar-refractivity contribution in [2.45, 2.75) is 26.8 Å². The van der Waals surface area contributed by atoms with Gasteiger partial charge in [0.25, 0.3) is 0 Å². The molecule has 0 radical (unpaired) electrons. The van der Waals surface area contributed by atoms with Gasteiger partial charge in [0.05, 0.1) is 5.52 Å². The number of hydrogen-bond donors (Lipinski definition) is 1. The van der Waals surface area contributed by atoms with Crippen LogP contribution in [0.15, 0.2) is 48.5 Å². The van der Waals surface area contributed by atoms with Gasteiger partial charge in [-0.15, -0.1) is 0 Å². The van der Waals surface area contributed by atoms with Crippen molar-refractivity contribution in [3.8, 4) is 11.4 Å². The van der Waals surface area contributed by atoms with Crippen molar-refractivity contribution in [1.82, 2.24) is 9.97 Å². The number of aryl methyl sites for hydroxylation is 1. The van der Waals surface area contributed by atoms with Crippen LogP contribution in [-0.4, -0.2) is 16.0 Å². The lowest BCUT2D eigenvalue weighted by molar-refractivity contribution is 0.891. The van der Waals surface area contributed by atoms with E-state index in [0.29, 0.717) is 6.04 Å². The number of nitrogens with one attached hydrogen (secondary N) is 1. The van der Waals surface area contributed by atoms with E-state index in [1.807, 2.05) is 18.2 Å². The molecule has 0 aliphatic heterocycles. The topological polar surface area (TPSA) is 37.8 Å². The fraction of sp³-hybridized carbons (Fsp3) is 0.222. The molecule has 1 aromatic heterocycles. The zero-order valence-electron chi connectivity index (χ0n) is 12.6. The minimum atomic E-state index is 0.328. The van der Waals surface area contributed by atoms with E-state index in [1.165, 1.54) is 5.56 Å². The number of rotatable bonds is 3. The molecule has 0 bridgehead atoms. The highest BCUT2D eigenvalue weighted by Gasteiger charge is 2.09. The van der Waals surface area contributed by atoms with Crippen molar-refractivity contribution in [1.29, 1.82) is 0 Å². The van der Waals surface area contributed by atoms with Gasteiger partial charge in [0.2, 0.25) is 0 Å². The molecular formula is C18H19N3. The monoisotopic (exact) mass is 277 g/mol. The van der Waals surface area contributed by atoms with Crippen molar-refractivity contribution >= 4 is 16.7 Å². The van der Waals surface area contributed by atoms with Crippen LogP contribution in [0, 0.1) is 6.92 Å². The molecule has 106 valence electrons. The van der Waals surface area contributed by atoms with E-state index in [4.69, 9.17) is 9.97 Å². The van der Waals surface area contributed by atoms with E-state index in [-0.39, 0.29) is 0 Å². The molecule has 0 spiro atoms. The molecule has 0 aliphatic carbocycles. The maximum Gasteiger partial charge on any atom is 0.162 e. The van der Waals surface area contributed by atoms with Crippen molar-refractivity contribution in [2.75, 3.05) is 5.32 Å². The van der Waals surface area contributed by atoms with Gasteiger partial charge in [-0.25, -0.2) is 9.97 Å². The zero-order chi connectivity index (χ0) is 14.8.